The van der Waals surface area contributed by atoms with Gasteiger partial charge in [0.25, 0.3) is 5.91 Å². The number of carbonyl (C=O) groups is 1. The first-order chi connectivity index (χ1) is 16.7. The molecule has 3 rings (SSSR count). The molecule has 184 valence electrons. The Morgan fingerprint density at radius 1 is 1.00 bits per heavy atom. The van der Waals surface area contributed by atoms with Crippen LogP contribution < -0.4 is 19.6 Å². The van der Waals surface area contributed by atoms with Crippen LogP contribution in [0.25, 0.3) is 0 Å². The Bertz CT molecular complexity index is 1200. The molecule has 0 bridgehead atoms. The first-order valence-corrected chi connectivity index (χ1v) is 12.1. The highest BCUT2D eigenvalue weighted by molar-refractivity contribution is 9.10. The number of amides is 1. The van der Waals surface area contributed by atoms with Crippen LogP contribution in [0.1, 0.15) is 43.0 Å². The zero-order valence-corrected chi connectivity index (χ0v) is 22.3. The van der Waals surface area contributed by atoms with Crippen molar-refractivity contribution >= 4 is 28.1 Å². The number of ether oxygens (including phenoxy) is 3. The molecule has 1 N–H and O–H groups in total. The lowest BCUT2D eigenvalue weighted by atomic mass is 9.87. The largest absolute Gasteiger partial charge is 0.493 e. The molecule has 1 amide bonds. The molecule has 3 aromatic rings. The lowest BCUT2D eigenvalue weighted by Gasteiger charge is -2.20. The van der Waals surface area contributed by atoms with E-state index < -0.39 is 0 Å². The molecule has 7 heteroatoms. The molecular formula is C28H31BrN2O4. The highest BCUT2D eigenvalue weighted by atomic mass is 79.9. The van der Waals surface area contributed by atoms with Gasteiger partial charge in [0, 0.05) is 0 Å². The number of methoxy groups -OCH3 is 1. The fourth-order valence-corrected chi connectivity index (χ4v) is 3.74. The van der Waals surface area contributed by atoms with E-state index in [1.165, 1.54) is 11.1 Å². The van der Waals surface area contributed by atoms with Crippen LogP contribution in [0, 0.1) is 6.92 Å². The van der Waals surface area contributed by atoms with E-state index in [1.807, 2.05) is 48.5 Å². The van der Waals surface area contributed by atoms with Crippen LogP contribution >= 0.6 is 15.9 Å². The molecular weight excluding hydrogens is 508 g/mol. The third-order valence-corrected chi connectivity index (χ3v) is 6.01. The van der Waals surface area contributed by atoms with E-state index in [2.05, 4.69) is 60.2 Å². The van der Waals surface area contributed by atoms with Gasteiger partial charge in [0.1, 0.15) is 12.4 Å². The topological polar surface area (TPSA) is 69.2 Å². The van der Waals surface area contributed by atoms with Crippen molar-refractivity contribution in [2.75, 3.05) is 13.7 Å². The second kappa shape index (κ2) is 11.9. The van der Waals surface area contributed by atoms with Crippen molar-refractivity contribution in [1.29, 1.82) is 0 Å². The molecule has 0 spiro atoms. The molecule has 0 aliphatic carbocycles. The number of aryl methyl sites for hydroxylation is 1. The summed E-state index contributed by atoms with van der Waals surface area (Å²) in [6.45, 7) is 8.77. The number of benzene rings is 3. The average molecular weight is 539 g/mol. The lowest BCUT2D eigenvalue weighted by Crippen LogP contribution is -2.24. The van der Waals surface area contributed by atoms with Gasteiger partial charge in [-0.1, -0.05) is 51.1 Å². The molecule has 0 aliphatic heterocycles. The van der Waals surface area contributed by atoms with Gasteiger partial charge in [0.15, 0.2) is 18.1 Å². The molecule has 0 unspecified atom stereocenters. The number of nitrogens with one attached hydrogen (secondary N) is 1. The van der Waals surface area contributed by atoms with Crippen molar-refractivity contribution < 1.29 is 19.0 Å². The van der Waals surface area contributed by atoms with Crippen molar-refractivity contribution in [1.82, 2.24) is 5.43 Å². The normalized spacial score (nSPS) is 11.4. The summed E-state index contributed by atoms with van der Waals surface area (Å²) in [4.78, 5) is 12.2. The fraction of sp³-hybridized carbons (Fsp3) is 0.286. The Morgan fingerprint density at radius 3 is 2.43 bits per heavy atom. The number of carbonyl (C=O) groups excluding carboxylic acids is 1. The zero-order chi connectivity index (χ0) is 25.4. The van der Waals surface area contributed by atoms with E-state index in [1.54, 1.807) is 19.4 Å². The first kappa shape index (κ1) is 26.3. The SMILES string of the molecule is COc1cc(/C=N/NC(=O)COc2ccc(C(C)(C)C)cc2Br)ccc1OCc1ccccc1C. The molecule has 6 nitrogen and oxygen atoms in total. The number of rotatable bonds is 9. The van der Waals surface area contributed by atoms with Gasteiger partial charge >= 0.3 is 0 Å². The summed E-state index contributed by atoms with van der Waals surface area (Å²) < 4.78 is 17.8. The van der Waals surface area contributed by atoms with Crippen LogP contribution in [-0.4, -0.2) is 25.8 Å². The molecule has 0 radical (unpaired) electrons. The Balaban J connectivity index is 1.53. The summed E-state index contributed by atoms with van der Waals surface area (Å²) in [5.41, 5.74) is 6.72. The summed E-state index contributed by atoms with van der Waals surface area (Å²) in [6, 6.07) is 19.4. The molecule has 0 aliphatic rings. The van der Waals surface area contributed by atoms with Crippen molar-refractivity contribution in [3.63, 3.8) is 0 Å². The minimum Gasteiger partial charge on any atom is -0.493 e. The molecule has 0 atom stereocenters. The van der Waals surface area contributed by atoms with Crippen LogP contribution in [0.2, 0.25) is 0 Å². The maximum atomic E-state index is 12.2. The van der Waals surface area contributed by atoms with Crippen molar-refractivity contribution in [2.45, 2.75) is 39.7 Å². The molecule has 0 fully saturated rings. The van der Waals surface area contributed by atoms with Gasteiger partial charge in [-0.15, -0.1) is 0 Å². The van der Waals surface area contributed by atoms with Crippen molar-refractivity contribution in [3.8, 4) is 17.2 Å². The van der Waals surface area contributed by atoms with Crippen molar-refractivity contribution in [2.24, 2.45) is 5.10 Å². The van der Waals surface area contributed by atoms with Crippen LogP contribution in [-0.2, 0) is 16.8 Å². The van der Waals surface area contributed by atoms with Gasteiger partial charge in [-0.3, -0.25) is 4.79 Å². The monoisotopic (exact) mass is 538 g/mol. The highest BCUT2D eigenvalue weighted by Crippen LogP contribution is 2.31. The molecule has 3 aromatic carbocycles. The first-order valence-electron chi connectivity index (χ1n) is 11.3. The predicted octanol–water partition coefficient (Wildman–Crippen LogP) is 6.17. The van der Waals surface area contributed by atoms with Gasteiger partial charge in [0.05, 0.1) is 17.8 Å². The quantitative estimate of drug-likeness (QED) is 0.261. The number of halogens is 1. The highest BCUT2D eigenvalue weighted by Gasteiger charge is 2.15. The zero-order valence-electron chi connectivity index (χ0n) is 20.7. The number of hydrogen-bond donors (Lipinski definition) is 1. The summed E-state index contributed by atoms with van der Waals surface area (Å²) in [5.74, 6) is 1.45. The Labute approximate surface area is 215 Å². The fourth-order valence-electron chi connectivity index (χ4n) is 3.25. The maximum Gasteiger partial charge on any atom is 0.277 e. The minimum absolute atomic E-state index is 0.0289. The van der Waals surface area contributed by atoms with Gasteiger partial charge in [0.2, 0.25) is 0 Å². The summed E-state index contributed by atoms with van der Waals surface area (Å²) >= 11 is 3.51. The number of hydrazone groups is 1. The predicted molar refractivity (Wildman–Crippen MR) is 143 cm³/mol. The molecule has 35 heavy (non-hydrogen) atoms. The molecule has 0 saturated heterocycles. The summed E-state index contributed by atoms with van der Waals surface area (Å²) in [7, 11) is 1.59. The summed E-state index contributed by atoms with van der Waals surface area (Å²) in [6.07, 6.45) is 1.54. The second-order valence-corrected chi connectivity index (χ2v) is 9.96. The van der Waals surface area contributed by atoms with E-state index in [9.17, 15) is 4.79 Å². The van der Waals surface area contributed by atoms with Gasteiger partial charge < -0.3 is 14.2 Å². The van der Waals surface area contributed by atoms with Gasteiger partial charge in [-0.05, 0) is 80.9 Å². The standard InChI is InChI=1S/C28H31BrN2O4/c1-19-8-6-7-9-21(19)17-34-25-12-10-20(14-26(25)33-5)16-30-31-27(32)18-35-24-13-11-22(15-23(24)29)28(2,3)4/h6-16H,17-18H2,1-5H3,(H,31,32)/b30-16+. The Hall–Kier alpha value is -3.32. The van der Waals surface area contributed by atoms with Crippen LogP contribution in [0.4, 0.5) is 0 Å². The van der Waals surface area contributed by atoms with Crippen LogP contribution in [0.15, 0.2) is 70.2 Å². The molecule has 0 saturated carbocycles. The maximum absolute atomic E-state index is 12.2. The second-order valence-electron chi connectivity index (χ2n) is 9.10. The average Bonchev–Trinajstić information content (AvgIpc) is 2.82. The Kier molecular flexibility index (Phi) is 8.93. The van der Waals surface area contributed by atoms with Gasteiger partial charge in [-0.25, -0.2) is 5.43 Å². The third kappa shape index (κ3) is 7.59. The van der Waals surface area contributed by atoms with E-state index >= 15 is 0 Å². The lowest BCUT2D eigenvalue weighted by molar-refractivity contribution is -0.123. The van der Waals surface area contributed by atoms with Gasteiger partial charge in [-0.2, -0.15) is 5.10 Å². The minimum atomic E-state index is -0.363. The van der Waals surface area contributed by atoms with E-state index in [0.29, 0.717) is 23.9 Å². The third-order valence-electron chi connectivity index (χ3n) is 5.39. The van der Waals surface area contributed by atoms with E-state index in [-0.39, 0.29) is 17.9 Å². The Morgan fingerprint density at radius 2 is 1.74 bits per heavy atom. The van der Waals surface area contributed by atoms with Crippen LogP contribution in [0.5, 0.6) is 17.2 Å². The van der Waals surface area contributed by atoms with Crippen molar-refractivity contribution in [3.05, 3.63) is 87.4 Å². The smallest absolute Gasteiger partial charge is 0.277 e. The molecule has 0 aromatic heterocycles. The van der Waals surface area contributed by atoms with E-state index in [4.69, 9.17) is 14.2 Å². The number of hydrogen-bond acceptors (Lipinski definition) is 5. The van der Waals surface area contributed by atoms with Crippen LogP contribution in [0.3, 0.4) is 0 Å². The van der Waals surface area contributed by atoms with E-state index in [0.717, 1.165) is 15.6 Å². The summed E-state index contributed by atoms with van der Waals surface area (Å²) in [5, 5.41) is 4.02. The molecule has 0 heterocycles. The number of nitrogens with zero attached hydrogens (tertiary/aromatic N) is 1.